The molecule has 1 unspecified atom stereocenters. The van der Waals surface area contributed by atoms with Crippen LogP contribution in [0.5, 0.6) is 0 Å². The number of carbonyl (C=O) groups is 1. The lowest BCUT2D eigenvalue weighted by Gasteiger charge is -2.20. The van der Waals surface area contributed by atoms with Gasteiger partial charge in [0.05, 0.1) is 6.04 Å². The van der Waals surface area contributed by atoms with Crippen molar-refractivity contribution >= 4 is 11.6 Å². The van der Waals surface area contributed by atoms with Crippen molar-refractivity contribution in [3.05, 3.63) is 29.3 Å². The Kier molecular flexibility index (Phi) is 2.36. The topological polar surface area (TPSA) is 72.4 Å². The van der Waals surface area contributed by atoms with Crippen molar-refractivity contribution in [3.63, 3.8) is 0 Å². The zero-order valence-electron chi connectivity index (χ0n) is 8.73. The van der Waals surface area contributed by atoms with E-state index in [9.17, 15) is 4.79 Å². The molecule has 1 aromatic rings. The molecule has 1 aromatic carbocycles. The molecule has 1 amide bonds. The van der Waals surface area contributed by atoms with Crippen LogP contribution >= 0.6 is 0 Å². The van der Waals surface area contributed by atoms with Crippen LogP contribution in [0.25, 0.3) is 0 Å². The molecule has 1 aliphatic rings. The van der Waals surface area contributed by atoms with Crippen molar-refractivity contribution in [1.82, 2.24) is 4.90 Å². The Morgan fingerprint density at radius 2 is 2.07 bits per heavy atom. The number of amides is 1. The molecule has 1 heterocycles. The minimum Gasteiger partial charge on any atom is -0.399 e. The van der Waals surface area contributed by atoms with E-state index in [1.807, 2.05) is 30.0 Å². The molecule has 0 spiro atoms. The molecule has 4 heteroatoms. The maximum atomic E-state index is 11.1. The lowest BCUT2D eigenvalue weighted by atomic mass is 10.1. The summed E-state index contributed by atoms with van der Waals surface area (Å²) in [5.41, 5.74) is 14.2. The van der Waals surface area contributed by atoms with Gasteiger partial charge in [-0.1, -0.05) is 6.07 Å². The van der Waals surface area contributed by atoms with Gasteiger partial charge in [-0.05, 0) is 30.2 Å². The zero-order valence-corrected chi connectivity index (χ0v) is 8.73. The van der Waals surface area contributed by atoms with Crippen molar-refractivity contribution in [2.75, 3.05) is 5.73 Å². The summed E-state index contributed by atoms with van der Waals surface area (Å²) in [5.74, 6) is -0.282. The molecule has 0 aromatic heterocycles. The van der Waals surface area contributed by atoms with E-state index in [-0.39, 0.29) is 11.9 Å². The van der Waals surface area contributed by atoms with E-state index in [1.54, 1.807) is 0 Å². The third kappa shape index (κ3) is 1.80. The second-order valence-electron chi connectivity index (χ2n) is 4.01. The predicted octanol–water partition coefficient (Wildman–Crippen LogP) is 0.458. The first-order valence-electron chi connectivity index (χ1n) is 4.98. The fourth-order valence-corrected chi connectivity index (χ4v) is 1.89. The lowest BCUT2D eigenvalue weighted by Crippen LogP contribution is -2.39. The third-order valence-electron chi connectivity index (χ3n) is 2.94. The van der Waals surface area contributed by atoms with Crippen LogP contribution in [-0.4, -0.2) is 16.8 Å². The van der Waals surface area contributed by atoms with Crippen molar-refractivity contribution < 1.29 is 4.79 Å². The second-order valence-corrected chi connectivity index (χ2v) is 4.01. The fourth-order valence-electron chi connectivity index (χ4n) is 1.89. The Balaban J connectivity index is 2.19. The van der Waals surface area contributed by atoms with Crippen LogP contribution < -0.4 is 11.5 Å². The molecule has 0 saturated carbocycles. The summed E-state index contributed by atoms with van der Waals surface area (Å²) < 4.78 is 0. The van der Waals surface area contributed by atoms with Gasteiger partial charge in [-0.2, -0.15) is 0 Å². The normalized spacial score (nSPS) is 17.4. The van der Waals surface area contributed by atoms with Gasteiger partial charge in [0.25, 0.3) is 0 Å². The van der Waals surface area contributed by atoms with Gasteiger partial charge >= 0.3 is 0 Å². The van der Waals surface area contributed by atoms with Gasteiger partial charge in [-0.3, -0.25) is 9.69 Å². The molecule has 0 bridgehead atoms. The number of anilines is 1. The Morgan fingerprint density at radius 1 is 1.40 bits per heavy atom. The van der Waals surface area contributed by atoms with Crippen LogP contribution in [0.4, 0.5) is 5.69 Å². The quantitative estimate of drug-likeness (QED) is 0.689. The van der Waals surface area contributed by atoms with Crippen LogP contribution in [0, 0.1) is 0 Å². The molecule has 4 N–H and O–H groups in total. The molecule has 80 valence electrons. The summed E-state index contributed by atoms with van der Waals surface area (Å²) in [6.07, 6.45) is 0. The molecule has 0 radical (unpaired) electrons. The molecular weight excluding hydrogens is 190 g/mol. The number of fused-ring (bicyclic) bond motifs is 1. The highest BCUT2D eigenvalue weighted by molar-refractivity contribution is 5.79. The maximum Gasteiger partial charge on any atom is 0.234 e. The van der Waals surface area contributed by atoms with Crippen LogP contribution in [0.3, 0.4) is 0 Å². The number of nitrogens with zero attached hydrogens (tertiary/aromatic N) is 1. The number of nitrogens with two attached hydrogens (primary N) is 2. The van der Waals surface area contributed by atoms with Gasteiger partial charge in [0.15, 0.2) is 0 Å². The van der Waals surface area contributed by atoms with E-state index in [0.29, 0.717) is 0 Å². The van der Waals surface area contributed by atoms with E-state index in [1.165, 1.54) is 11.1 Å². The summed E-state index contributed by atoms with van der Waals surface area (Å²) in [5, 5.41) is 0. The van der Waals surface area contributed by atoms with E-state index in [0.717, 1.165) is 18.8 Å². The molecular formula is C11H15N3O. The van der Waals surface area contributed by atoms with E-state index < -0.39 is 0 Å². The third-order valence-corrected chi connectivity index (χ3v) is 2.94. The highest BCUT2D eigenvalue weighted by Gasteiger charge is 2.25. The van der Waals surface area contributed by atoms with Crippen LogP contribution in [0.1, 0.15) is 18.1 Å². The highest BCUT2D eigenvalue weighted by Crippen LogP contribution is 2.25. The monoisotopic (exact) mass is 205 g/mol. The van der Waals surface area contributed by atoms with Crippen molar-refractivity contribution in [2.45, 2.75) is 26.1 Å². The van der Waals surface area contributed by atoms with E-state index in [2.05, 4.69) is 0 Å². The largest absolute Gasteiger partial charge is 0.399 e. The van der Waals surface area contributed by atoms with Gasteiger partial charge in [0.2, 0.25) is 5.91 Å². The van der Waals surface area contributed by atoms with Crippen molar-refractivity contribution in [3.8, 4) is 0 Å². The first kappa shape index (κ1) is 9.98. The molecule has 0 fully saturated rings. The van der Waals surface area contributed by atoms with Gasteiger partial charge < -0.3 is 11.5 Å². The first-order chi connectivity index (χ1) is 7.08. The fraction of sp³-hybridized carbons (Fsp3) is 0.364. The average molecular weight is 205 g/mol. The van der Waals surface area contributed by atoms with Crippen LogP contribution in [-0.2, 0) is 17.9 Å². The number of rotatable bonds is 2. The number of nitrogen functional groups attached to an aromatic ring is 1. The Morgan fingerprint density at radius 3 is 2.73 bits per heavy atom. The summed E-state index contributed by atoms with van der Waals surface area (Å²) in [6.45, 7) is 3.36. The van der Waals surface area contributed by atoms with Gasteiger partial charge in [-0.15, -0.1) is 0 Å². The number of benzene rings is 1. The van der Waals surface area contributed by atoms with Crippen molar-refractivity contribution in [2.24, 2.45) is 5.73 Å². The maximum absolute atomic E-state index is 11.1. The number of hydrogen-bond acceptors (Lipinski definition) is 3. The standard InChI is InChI=1S/C11H15N3O/c1-7(11(13)15)14-5-8-2-3-10(12)4-9(8)6-14/h2-4,7H,5-6,12H2,1H3,(H2,13,15). The lowest BCUT2D eigenvalue weighted by molar-refractivity contribution is -0.122. The Hall–Kier alpha value is -1.55. The van der Waals surface area contributed by atoms with E-state index >= 15 is 0 Å². The van der Waals surface area contributed by atoms with E-state index in [4.69, 9.17) is 11.5 Å². The summed E-state index contributed by atoms with van der Waals surface area (Å²) in [7, 11) is 0. The number of primary amides is 1. The molecule has 1 atom stereocenters. The van der Waals surface area contributed by atoms with Gasteiger partial charge in [0.1, 0.15) is 0 Å². The summed E-state index contributed by atoms with van der Waals surface area (Å²) >= 11 is 0. The second kappa shape index (κ2) is 3.55. The van der Waals surface area contributed by atoms with Gasteiger partial charge in [0, 0.05) is 18.8 Å². The first-order valence-corrected chi connectivity index (χ1v) is 4.98. The van der Waals surface area contributed by atoms with Crippen molar-refractivity contribution in [1.29, 1.82) is 0 Å². The van der Waals surface area contributed by atoms with Crippen LogP contribution in [0.2, 0.25) is 0 Å². The average Bonchev–Trinajstić information content (AvgIpc) is 2.58. The Bertz CT molecular complexity index is 403. The molecule has 15 heavy (non-hydrogen) atoms. The zero-order chi connectivity index (χ0) is 11.0. The Labute approximate surface area is 88.9 Å². The van der Waals surface area contributed by atoms with Gasteiger partial charge in [-0.25, -0.2) is 0 Å². The summed E-state index contributed by atoms with van der Waals surface area (Å²) in [6, 6.07) is 5.64. The summed E-state index contributed by atoms with van der Waals surface area (Å²) in [4.78, 5) is 13.1. The molecule has 0 saturated heterocycles. The molecule has 0 aliphatic carbocycles. The number of carbonyl (C=O) groups excluding carboxylic acids is 1. The minimum absolute atomic E-state index is 0.223. The highest BCUT2D eigenvalue weighted by atomic mass is 16.1. The molecule has 4 nitrogen and oxygen atoms in total. The van der Waals surface area contributed by atoms with Crippen LogP contribution in [0.15, 0.2) is 18.2 Å². The molecule has 2 rings (SSSR count). The minimum atomic E-state index is -0.282. The molecule has 1 aliphatic heterocycles. The smallest absolute Gasteiger partial charge is 0.234 e. The number of hydrogen-bond donors (Lipinski definition) is 2. The predicted molar refractivity (Wildman–Crippen MR) is 58.8 cm³/mol. The SMILES string of the molecule is CC(C(N)=O)N1Cc2ccc(N)cc2C1.